The molecule has 0 aliphatic carbocycles. The second-order valence-corrected chi connectivity index (χ2v) is 16.2. The van der Waals surface area contributed by atoms with Crippen LogP contribution in [-0.4, -0.2) is 15.3 Å². The molecule has 3 nitrogen and oxygen atoms in total. The molecule has 0 spiro atoms. The van der Waals surface area contributed by atoms with Gasteiger partial charge in [-0.25, -0.2) is 0 Å². The van der Waals surface area contributed by atoms with Crippen LogP contribution in [0.15, 0.2) is 36.4 Å². The molecule has 0 saturated carbocycles. The van der Waals surface area contributed by atoms with E-state index in [1.165, 1.54) is 5.56 Å². The standard InChI is InChI=1S/C23H32O2.C16H26O/c1-14-9-16(20(24)18(11-14)22(3,4)5)13-17-10-15(2)12-19(21(17)25)23(6,7)8;1-8-11-9-12(15(2,3)4)14(17)13(10-11)16(5,6)7/h9-12,24-25H,13H2,1-8H3;9-10,17H,8H2,1-7H3. The van der Waals surface area contributed by atoms with Crippen molar-refractivity contribution in [3.8, 4) is 17.2 Å². The lowest BCUT2D eigenvalue weighted by molar-refractivity contribution is 0.422. The van der Waals surface area contributed by atoms with Gasteiger partial charge in [0.25, 0.3) is 0 Å². The van der Waals surface area contributed by atoms with Gasteiger partial charge in [-0.05, 0) is 80.9 Å². The first-order valence-electron chi connectivity index (χ1n) is 15.4. The number of rotatable bonds is 3. The number of benzene rings is 3. The van der Waals surface area contributed by atoms with Crippen LogP contribution < -0.4 is 0 Å². The Morgan fingerprint density at radius 3 is 1.00 bits per heavy atom. The topological polar surface area (TPSA) is 60.7 Å². The van der Waals surface area contributed by atoms with E-state index < -0.39 is 0 Å². The van der Waals surface area contributed by atoms with Crippen LogP contribution in [0.2, 0.25) is 0 Å². The Bertz CT molecular complexity index is 1300. The molecule has 0 bridgehead atoms. The fraction of sp³-hybridized carbons (Fsp3) is 0.538. The molecule has 0 aromatic heterocycles. The van der Waals surface area contributed by atoms with Gasteiger partial charge < -0.3 is 15.3 Å². The molecule has 0 radical (unpaired) electrons. The van der Waals surface area contributed by atoms with Crippen molar-refractivity contribution in [2.45, 2.75) is 138 Å². The smallest absolute Gasteiger partial charge is 0.123 e. The van der Waals surface area contributed by atoms with E-state index >= 15 is 0 Å². The van der Waals surface area contributed by atoms with Crippen LogP contribution in [0, 0.1) is 13.8 Å². The van der Waals surface area contributed by atoms with E-state index in [9.17, 15) is 15.3 Å². The van der Waals surface area contributed by atoms with Crippen molar-refractivity contribution >= 4 is 0 Å². The molecular formula is C39H58O3. The zero-order valence-corrected chi connectivity index (χ0v) is 29.2. The largest absolute Gasteiger partial charge is 0.507 e. The van der Waals surface area contributed by atoms with Gasteiger partial charge >= 0.3 is 0 Å². The van der Waals surface area contributed by atoms with Gasteiger partial charge in [0.2, 0.25) is 0 Å². The number of aryl methyl sites for hydroxylation is 3. The molecule has 3 aromatic carbocycles. The Morgan fingerprint density at radius 1 is 0.452 bits per heavy atom. The Labute approximate surface area is 257 Å². The first kappa shape index (κ1) is 35.3. The first-order valence-corrected chi connectivity index (χ1v) is 15.4. The summed E-state index contributed by atoms with van der Waals surface area (Å²) < 4.78 is 0. The van der Waals surface area contributed by atoms with Crippen LogP contribution in [0.1, 0.15) is 140 Å². The highest BCUT2D eigenvalue weighted by molar-refractivity contribution is 5.53. The van der Waals surface area contributed by atoms with Gasteiger partial charge in [-0.1, -0.05) is 138 Å². The third-order valence-corrected chi connectivity index (χ3v) is 7.86. The maximum absolute atomic E-state index is 10.8. The average molecular weight is 575 g/mol. The van der Waals surface area contributed by atoms with Gasteiger partial charge in [-0.15, -0.1) is 0 Å². The minimum absolute atomic E-state index is 0.0186. The third-order valence-electron chi connectivity index (χ3n) is 7.86. The first-order chi connectivity index (χ1) is 18.9. The van der Waals surface area contributed by atoms with Gasteiger partial charge in [0.1, 0.15) is 17.2 Å². The summed E-state index contributed by atoms with van der Waals surface area (Å²) in [5.74, 6) is 1.16. The van der Waals surface area contributed by atoms with E-state index in [0.717, 1.165) is 50.9 Å². The molecule has 3 N–H and O–H groups in total. The quantitative estimate of drug-likeness (QED) is 0.292. The van der Waals surface area contributed by atoms with Crippen molar-refractivity contribution < 1.29 is 15.3 Å². The molecule has 0 heterocycles. The minimum atomic E-state index is -0.129. The number of hydrogen-bond donors (Lipinski definition) is 3. The number of hydrogen-bond acceptors (Lipinski definition) is 3. The highest BCUT2D eigenvalue weighted by atomic mass is 16.3. The fourth-order valence-electron chi connectivity index (χ4n) is 5.37. The highest BCUT2D eigenvalue weighted by Crippen LogP contribution is 2.41. The summed E-state index contributed by atoms with van der Waals surface area (Å²) in [5.41, 5.74) is 9.01. The maximum atomic E-state index is 10.8. The van der Waals surface area contributed by atoms with E-state index in [2.05, 4.69) is 128 Å². The molecule has 3 heteroatoms. The van der Waals surface area contributed by atoms with E-state index in [1.54, 1.807) is 0 Å². The minimum Gasteiger partial charge on any atom is -0.507 e. The van der Waals surface area contributed by atoms with Crippen LogP contribution in [0.25, 0.3) is 0 Å². The van der Waals surface area contributed by atoms with Crippen molar-refractivity contribution in [2.75, 3.05) is 0 Å². The molecule has 3 rings (SSSR count). The van der Waals surface area contributed by atoms with E-state index in [0.29, 0.717) is 23.7 Å². The molecule has 0 fully saturated rings. The van der Waals surface area contributed by atoms with Crippen LogP contribution in [0.4, 0.5) is 0 Å². The SMILES string of the molecule is CCc1cc(C(C)(C)C)c(O)c(C(C)(C)C)c1.Cc1cc(Cc2cc(C)cc(C(C)(C)C)c2O)c(O)c(C(C)(C)C)c1. The van der Waals surface area contributed by atoms with Crippen LogP contribution in [0.5, 0.6) is 17.2 Å². The summed E-state index contributed by atoms with van der Waals surface area (Å²) >= 11 is 0. The second-order valence-electron chi connectivity index (χ2n) is 16.2. The number of phenolic OH excluding ortho intramolecular Hbond substituents is 3. The summed E-state index contributed by atoms with van der Waals surface area (Å²) in [7, 11) is 0. The molecule has 42 heavy (non-hydrogen) atoms. The predicted octanol–water partition coefficient (Wildman–Crippen LogP) is 10.5. The molecule has 0 aliphatic rings. The van der Waals surface area contributed by atoms with Crippen molar-refractivity contribution in [2.24, 2.45) is 0 Å². The zero-order chi connectivity index (χ0) is 32.6. The highest BCUT2D eigenvalue weighted by Gasteiger charge is 2.26. The van der Waals surface area contributed by atoms with Gasteiger partial charge in [-0.2, -0.15) is 0 Å². The molecule has 3 aromatic rings. The fourth-order valence-corrected chi connectivity index (χ4v) is 5.37. The van der Waals surface area contributed by atoms with Gasteiger partial charge in [0.15, 0.2) is 0 Å². The lowest BCUT2D eigenvalue weighted by atomic mass is 9.78. The van der Waals surface area contributed by atoms with Crippen molar-refractivity contribution in [3.63, 3.8) is 0 Å². The normalized spacial score (nSPS) is 12.6. The summed E-state index contributed by atoms with van der Waals surface area (Å²) in [6.45, 7) is 31.8. The maximum Gasteiger partial charge on any atom is 0.123 e. The monoisotopic (exact) mass is 574 g/mol. The molecule has 0 atom stereocenters. The predicted molar refractivity (Wildman–Crippen MR) is 181 cm³/mol. The molecule has 0 amide bonds. The summed E-state index contributed by atoms with van der Waals surface area (Å²) in [5, 5.41) is 32.1. The average Bonchev–Trinajstić information content (AvgIpc) is 2.81. The molecule has 0 aliphatic heterocycles. The van der Waals surface area contributed by atoms with Crippen molar-refractivity contribution in [3.05, 3.63) is 86.5 Å². The molecule has 0 unspecified atom stereocenters. The Morgan fingerprint density at radius 2 is 0.738 bits per heavy atom. The molecular weight excluding hydrogens is 516 g/mol. The number of phenols is 3. The summed E-state index contributed by atoms with van der Waals surface area (Å²) in [4.78, 5) is 0. The van der Waals surface area contributed by atoms with Crippen LogP contribution in [0.3, 0.4) is 0 Å². The summed E-state index contributed by atoms with van der Waals surface area (Å²) in [6, 6.07) is 12.4. The summed E-state index contributed by atoms with van der Waals surface area (Å²) in [6.07, 6.45) is 1.53. The molecule has 232 valence electrons. The van der Waals surface area contributed by atoms with Crippen LogP contribution in [-0.2, 0) is 34.5 Å². The van der Waals surface area contributed by atoms with Crippen LogP contribution >= 0.6 is 0 Å². The molecule has 0 saturated heterocycles. The van der Waals surface area contributed by atoms with Gasteiger partial charge in [-0.3, -0.25) is 0 Å². The Kier molecular flexibility index (Phi) is 10.4. The van der Waals surface area contributed by atoms with Gasteiger partial charge in [0, 0.05) is 6.42 Å². The second kappa shape index (κ2) is 12.3. The van der Waals surface area contributed by atoms with E-state index in [1.807, 2.05) is 12.1 Å². The number of aromatic hydroxyl groups is 3. The zero-order valence-electron chi connectivity index (χ0n) is 29.2. The Balaban J connectivity index is 0.000000317. The third kappa shape index (κ3) is 8.55. The van der Waals surface area contributed by atoms with E-state index in [-0.39, 0.29) is 21.7 Å². The van der Waals surface area contributed by atoms with Gasteiger partial charge in [0.05, 0.1) is 0 Å². The lowest BCUT2D eigenvalue weighted by Gasteiger charge is -2.28. The van der Waals surface area contributed by atoms with Crippen molar-refractivity contribution in [1.29, 1.82) is 0 Å². The lowest BCUT2D eigenvalue weighted by Crippen LogP contribution is -2.17. The van der Waals surface area contributed by atoms with Crippen molar-refractivity contribution in [1.82, 2.24) is 0 Å². The Hall–Kier alpha value is -2.94. The van der Waals surface area contributed by atoms with E-state index in [4.69, 9.17) is 0 Å².